The van der Waals surface area contributed by atoms with Crippen LogP contribution in [0.4, 0.5) is 0 Å². The fourth-order valence-electron chi connectivity index (χ4n) is 1.35. The summed E-state index contributed by atoms with van der Waals surface area (Å²) in [4.78, 5) is 19.5. The quantitative estimate of drug-likeness (QED) is 0.755. The smallest absolute Gasteiger partial charge is 0.230 e. The average molecular weight is 204 g/mol. The number of nitrogens with zero attached hydrogens (tertiary/aromatic N) is 3. The number of rotatable bonds is 3. The molecule has 0 bridgehead atoms. The highest BCUT2D eigenvalue weighted by atomic mass is 16.3. The molecule has 15 heavy (non-hydrogen) atoms. The highest BCUT2D eigenvalue weighted by Gasteiger charge is 2.08. The summed E-state index contributed by atoms with van der Waals surface area (Å²) in [5.74, 6) is -0.0873. The molecule has 0 aliphatic carbocycles. The van der Waals surface area contributed by atoms with Crippen LogP contribution in [-0.4, -0.2) is 27.0 Å². The number of fused-ring (bicyclic) bond motifs is 1. The van der Waals surface area contributed by atoms with E-state index in [2.05, 4.69) is 9.97 Å². The van der Waals surface area contributed by atoms with Crippen LogP contribution in [0.15, 0.2) is 24.8 Å². The lowest BCUT2D eigenvalue weighted by Crippen LogP contribution is -2.11. The topological polar surface area (TPSA) is 67.7 Å². The molecule has 2 heterocycles. The fraction of sp³-hybridized carbons (Fsp3) is 0.300. The van der Waals surface area contributed by atoms with Gasteiger partial charge in [0.05, 0.1) is 12.3 Å². The maximum atomic E-state index is 11.5. The van der Waals surface area contributed by atoms with E-state index < -0.39 is 0 Å². The molecule has 77 valence electrons. The monoisotopic (exact) mass is 204 g/mol. The molecule has 0 aromatic rings. The van der Waals surface area contributed by atoms with Gasteiger partial charge in [0, 0.05) is 18.8 Å². The van der Waals surface area contributed by atoms with Crippen LogP contribution in [0, 0.1) is 0 Å². The third-order valence-corrected chi connectivity index (χ3v) is 2.13. The predicted octanol–water partition coefficient (Wildman–Crippen LogP) is 1.23. The maximum Gasteiger partial charge on any atom is 0.230 e. The summed E-state index contributed by atoms with van der Waals surface area (Å²) in [7, 11) is 0. The molecule has 0 saturated carbocycles. The Bertz CT molecular complexity index is 438. The molecule has 0 saturated heterocycles. The van der Waals surface area contributed by atoms with E-state index in [-0.39, 0.29) is 18.9 Å². The lowest BCUT2D eigenvalue weighted by Gasteiger charge is -2.05. The Balaban J connectivity index is 2.21. The number of hydrogen-bond donors (Lipinski definition) is 0. The van der Waals surface area contributed by atoms with Crippen molar-refractivity contribution < 1.29 is 9.90 Å². The van der Waals surface area contributed by atoms with Crippen molar-refractivity contribution in [2.45, 2.75) is 12.8 Å². The minimum absolute atomic E-state index is 0.0873. The summed E-state index contributed by atoms with van der Waals surface area (Å²) in [5.41, 5.74) is 1.45. The van der Waals surface area contributed by atoms with Crippen molar-refractivity contribution in [3.63, 3.8) is 0 Å². The van der Waals surface area contributed by atoms with Crippen molar-refractivity contribution in [1.29, 1.82) is 0 Å². The summed E-state index contributed by atoms with van der Waals surface area (Å²) in [6.45, 7) is -0.218. The van der Waals surface area contributed by atoms with E-state index in [1.54, 1.807) is 18.5 Å². The van der Waals surface area contributed by atoms with E-state index in [1.165, 1.54) is 10.9 Å². The average Bonchev–Trinajstić information content (AvgIpc) is 2.72. The summed E-state index contributed by atoms with van der Waals surface area (Å²) < 4.78 is 1.45. The molecule has 0 N–H and O–H groups in total. The first-order valence-electron chi connectivity index (χ1n) is 4.71. The number of carbonyl (C=O) groups is 1. The molecule has 1 radical (unpaired) electrons. The van der Waals surface area contributed by atoms with E-state index in [1.807, 2.05) is 0 Å². The number of carbonyl (C=O) groups excluding carboxylic acids is 1. The molecule has 2 aliphatic rings. The summed E-state index contributed by atoms with van der Waals surface area (Å²) in [6, 6.07) is 1.73. The largest absolute Gasteiger partial charge is 0.292 e. The highest BCUT2D eigenvalue weighted by Crippen LogP contribution is 2.15. The zero-order chi connectivity index (χ0) is 10.7. The van der Waals surface area contributed by atoms with Crippen molar-refractivity contribution in [3.05, 3.63) is 24.8 Å². The van der Waals surface area contributed by atoms with Gasteiger partial charge in [0.25, 0.3) is 0 Å². The molecule has 0 spiro atoms. The van der Waals surface area contributed by atoms with Crippen LogP contribution in [0.3, 0.4) is 0 Å². The zero-order valence-electron chi connectivity index (χ0n) is 8.09. The van der Waals surface area contributed by atoms with E-state index >= 15 is 0 Å². The first-order chi connectivity index (χ1) is 7.31. The van der Waals surface area contributed by atoms with Gasteiger partial charge >= 0.3 is 0 Å². The maximum absolute atomic E-state index is 11.5. The van der Waals surface area contributed by atoms with Gasteiger partial charge in [-0.1, -0.05) is 0 Å². The Hall–Kier alpha value is -1.75. The molecule has 0 fully saturated rings. The summed E-state index contributed by atoms with van der Waals surface area (Å²) in [5, 5.41) is 10.3. The lowest BCUT2D eigenvalue weighted by atomic mass is 10.2. The van der Waals surface area contributed by atoms with Crippen molar-refractivity contribution >= 4 is 5.91 Å². The van der Waals surface area contributed by atoms with Gasteiger partial charge in [-0.25, -0.2) is 15.1 Å². The highest BCUT2D eigenvalue weighted by molar-refractivity contribution is 5.79. The van der Waals surface area contributed by atoms with Crippen LogP contribution < -0.4 is 0 Å². The van der Waals surface area contributed by atoms with Crippen LogP contribution in [-0.2, 0) is 5.11 Å². The molecule has 5 nitrogen and oxygen atoms in total. The van der Waals surface area contributed by atoms with E-state index in [4.69, 9.17) is 0 Å². The number of aromatic nitrogens is 3. The van der Waals surface area contributed by atoms with Crippen LogP contribution in [0.2, 0.25) is 0 Å². The third-order valence-electron chi connectivity index (χ3n) is 2.13. The fourth-order valence-corrected chi connectivity index (χ4v) is 1.35. The molecule has 5 heteroatoms. The summed E-state index contributed by atoms with van der Waals surface area (Å²) in [6.07, 6.45) is 5.38. The molecule has 0 aromatic carbocycles. The lowest BCUT2D eigenvalue weighted by molar-refractivity contribution is 0.0878. The number of imidazole rings is 1. The van der Waals surface area contributed by atoms with Crippen molar-refractivity contribution in [2.75, 3.05) is 6.61 Å². The van der Waals surface area contributed by atoms with Crippen LogP contribution in [0.1, 0.15) is 17.6 Å². The minimum atomic E-state index is -0.218. The van der Waals surface area contributed by atoms with E-state index in [0.717, 1.165) is 5.69 Å². The van der Waals surface area contributed by atoms with Crippen molar-refractivity contribution in [1.82, 2.24) is 14.5 Å². The van der Waals surface area contributed by atoms with Gasteiger partial charge in [-0.05, 0) is 12.5 Å². The van der Waals surface area contributed by atoms with Gasteiger partial charge in [-0.15, -0.1) is 0 Å². The van der Waals surface area contributed by atoms with Gasteiger partial charge in [-0.3, -0.25) is 9.36 Å². The van der Waals surface area contributed by atoms with E-state index in [9.17, 15) is 9.90 Å². The van der Waals surface area contributed by atoms with Crippen molar-refractivity contribution in [2.24, 2.45) is 0 Å². The molecule has 0 atom stereocenters. The Morgan fingerprint density at radius 1 is 1.33 bits per heavy atom. The molecule has 0 amide bonds. The van der Waals surface area contributed by atoms with Crippen LogP contribution in [0.5, 0.6) is 0 Å². The second kappa shape index (κ2) is 4.18. The van der Waals surface area contributed by atoms with Crippen molar-refractivity contribution in [3.8, 4) is 11.4 Å². The molecule has 0 aromatic heterocycles. The number of hydrogen-bond acceptors (Lipinski definition) is 3. The Morgan fingerprint density at radius 3 is 2.93 bits per heavy atom. The number of pyridine rings is 1. The minimum Gasteiger partial charge on any atom is -0.292 e. The predicted molar refractivity (Wildman–Crippen MR) is 52.1 cm³/mol. The molecule has 2 aliphatic heterocycles. The normalized spacial score (nSPS) is 10.7. The summed E-state index contributed by atoms with van der Waals surface area (Å²) >= 11 is 0. The van der Waals surface area contributed by atoms with E-state index in [0.29, 0.717) is 12.1 Å². The molecular weight excluding hydrogens is 194 g/mol. The molecule has 2 rings (SSSR count). The van der Waals surface area contributed by atoms with Gasteiger partial charge in [-0.2, -0.15) is 0 Å². The van der Waals surface area contributed by atoms with Gasteiger partial charge < -0.3 is 0 Å². The second-order valence-electron chi connectivity index (χ2n) is 3.20. The standard InChI is InChI=1S/C10H10N3O2/c14-5-1-2-10(15)13-4-3-8-9(6-13)12-7-11-8/h3-4,6-7H,1-2,5H2. The molecule has 0 unspecified atom stereocenters. The van der Waals surface area contributed by atoms with Gasteiger partial charge in [0.15, 0.2) is 0 Å². The van der Waals surface area contributed by atoms with Gasteiger partial charge in [0.1, 0.15) is 12.0 Å². The van der Waals surface area contributed by atoms with Crippen LogP contribution in [0.25, 0.3) is 11.4 Å². The SMILES string of the molecule is [O]CCCC(=O)n1ccc2ncnc-2c1. The zero-order valence-corrected chi connectivity index (χ0v) is 8.09. The first-order valence-corrected chi connectivity index (χ1v) is 4.71. The molecular formula is C10H10N3O2. The van der Waals surface area contributed by atoms with Gasteiger partial charge in [0.2, 0.25) is 5.91 Å². The van der Waals surface area contributed by atoms with Crippen LogP contribution >= 0.6 is 0 Å². The Morgan fingerprint density at radius 2 is 2.13 bits per heavy atom. The third kappa shape index (κ3) is 2.02. The Kier molecular flexibility index (Phi) is 2.73. The Labute approximate surface area is 86.7 Å². The first kappa shape index (κ1) is 9.79. The second-order valence-corrected chi connectivity index (χ2v) is 3.20.